The van der Waals surface area contributed by atoms with Crippen LogP contribution in [-0.4, -0.2) is 27.3 Å². The first kappa shape index (κ1) is 18.5. The largest absolute Gasteiger partial charge is 0.413 e. The summed E-state index contributed by atoms with van der Waals surface area (Å²) >= 11 is 1.36. The minimum absolute atomic E-state index is 0.246. The lowest BCUT2D eigenvalue weighted by atomic mass is 10.1. The summed E-state index contributed by atoms with van der Waals surface area (Å²) in [5, 5.41) is 8.22. The van der Waals surface area contributed by atoms with Crippen molar-refractivity contribution in [3.05, 3.63) is 46.2 Å². The molecular formula is C19H19FN4O3S. The van der Waals surface area contributed by atoms with Crippen LogP contribution in [0.15, 0.2) is 22.9 Å². The van der Waals surface area contributed by atoms with Crippen molar-refractivity contribution in [2.75, 3.05) is 0 Å². The average Bonchev–Trinajstić information content (AvgIpc) is 3.30. The minimum atomic E-state index is -0.430. The molecule has 0 radical (unpaired) electrons. The molecule has 1 N–H and O–H groups in total. The number of carbonyl (C=O) groups excluding carboxylic acids is 1. The highest BCUT2D eigenvalue weighted by Crippen LogP contribution is 2.30. The lowest BCUT2D eigenvalue weighted by molar-refractivity contribution is 0.201. The van der Waals surface area contributed by atoms with E-state index in [1.807, 2.05) is 13.8 Å². The zero-order chi connectivity index (χ0) is 19.7. The summed E-state index contributed by atoms with van der Waals surface area (Å²) in [6.45, 7) is 3.65. The number of pyridine rings is 1. The molecule has 0 aliphatic heterocycles. The van der Waals surface area contributed by atoms with Crippen LogP contribution >= 0.6 is 11.3 Å². The second-order valence-corrected chi connectivity index (χ2v) is 7.76. The molecule has 9 heteroatoms. The molecular weight excluding hydrogens is 383 g/mol. The molecule has 0 unspecified atom stereocenters. The molecule has 0 atom stereocenters. The number of aryl methyl sites for hydroxylation is 3. The normalized spacial score (nSPS) is 13.5. The van der Waals surface area contributed by atoms with Gasteiger partial charge in [0, 0.05) is 18.0 Å². The van der Waals surface area contributed by atoms with Crippen LogP contribution in [0.1, 0.15) is 34.9 Å². The number of nitrogens with zero attached hydrogens (tertiary/aromatic N) is 3. The molecule has 28 heavy (non-hydrogen) atoms. The molecule has 1 aliphatic carbocycles. The van der Waals surface area contributed by atoms with Crippen molar-refractivity contribution in [3.63, 3.8) is 0 Å². The van der Waals surface area contributed by atoms with Crippen molar-refractivity contribution < 1.29 is 18.4 Å². The summed E-state index contributed by atoms with van der Waals surface area (Å²) in [4.78, 5) is 20.4. The van der Waals surface area contributed by atoms with E-state index in [1.54, 1.807) is 6.07 Å². The van der Waals surface area contributed by atoms with E-state index in [4.69, 9.17) is 9.26 Å². The first-order chi connectivity index (χ1) is 13.5. The number of rotatable bonds is 6. The lowest BCUT2D eigenvalue weighted by Crippen LogP contribution is -2.28. The Morgan fingerprint density at radius 2 is 2.18 bits per heavy atom. The maximum Gasteiger partial charge on any atom is 0.413 e. The number of amides is 1. The molecule has 1 saturated carbocycles. The zero-order valence-corrected chi connectivity index (χ0v) is 16.3. The van der Waals surface area contributed by atoms with Gasteiger partial charge < -0.3 is 14.6 Å². The predicted octanol–water partition coefficient (Wildman–Crippen LogP) is 3.99. The Kier molecular flexibility index (Phi) is 5.08. The fourth-order valence-corrected chi connectivity index (χ4v) is 3.69. The first-order valence-electron chi connectivity index (χ1n) is 9.01. The fraction of sp³-hybridized carbons (Fsp3) is 0.368. The van der Waals surface area contributed by atoms with E-state index >= 15 is 0 Å². The van der Waals surface area contributed by atoms with Crippen molar-refractivity contribution in [2.45, 2.75) is 45.6 Å². The number of ether oxygens (including phenoxy) is 1. The summed E-state index contributed by atoms with van der Waals surface area (Å²) in [7, 11) is 0. The van der Waals surface area contributed by atoms with E-state index in [0.717, 1.165) is 29.6 Å². The van der Waals surface area contributed by atoms with E-state index in [1.165, 1.54) is 17.4 Å². The summed E-state index contributed by atoms with van der Waals surface area (Å²) in [5.41, 5.74) is 2.75. The standard InChI is InChI=1S/C19H19FN4O3S/c1-10-18(26-19(25)23-13-4-5-13)28-16(22-10)8-6-14-11(2)27-24-17(14)15-7-3-12(20)9-21-15/h3,7,9,13H,4-6,8H2,1-2H3,(H,23,25). The quantitative estimate of drug-likeness (QED) is 0.671. The number of aromatic nitrogens is 3. The highest BCUT2D eigenvalue weighted by molar-refractivity contribution is 7.13. The third-order valence-corrected chi connectivity index (χ3v) is 5.52. The highest BCUT2D eigenvalue weighted by Gasteiger charge is 2.25. The number of thiazole rings is 1. The van der Waals surface area contributed by atoms with Gasteiger partial charge in [-0.25, -0.2) is 14.2 Å². The molecule has 0 spiro atoms. The lowest BCUT2D eigenvalue weighted by Gasteiger charge is -2.02. The van der Waals surface area contributed by atoms with E-state index in [9.17, 15) is 9.18 Å². The van der Waals surface area contributed by atoms with Crippen molar-refractivity contribution in [1.29, 1.82) is 0 Å². The number of nitrogens with one attached hydrogen (secondary N) is 1. The molecule has 1 fully saturated rings. The van der Waals surface area contributed by atoms with E-state index in [0.29, 0.717) is 40.7 Å². The molecule has 1 amide bonds. The second-order valence-electron chi connectivity index (χ2n) is 6.72. The van der Waals surface area contributed by atoms with Gasteiger partial charge in [0.05, 0.1) is 22.6 Å². The maximum absolute atomic E-state index is 13.1. The third-order valence-electron chi connectivity index (χ3n) is 4.43. The van der Waals surface area contributed by atoms with Crippen molar-refractivity contribution >= 4 is 17.4 Å². The number of halogens is 1. The fourth-order valence-electron chi connectivity index (χ4n) is 2.78. The van der Waals surface area contributed by atoms with Crippen LogP contribution in [0.4, 0.5) is 9.18 Å². The van der Waals surface area contributed by atoms with Gasteiger partial charge in [0.2, 0.25) is 5.06 Å². The Balaban J connectivity index is 1.45. The number of hydrogen-bond donors (Lipinski definition) is 1. The van der Waals surface area contributed by atoms with Crippen molar-refractivity contribution in [2.24, 2.45) is 0 Å². The van der Waals surface area contributed by atoms with Gasteiger partial charge in [-0.2, -0.15) is 0 Å². The van der Waals surface area contributed by atoms with Crippen molar-refractivity contribution in [1.82, 2.24) is 20.4 Å². The molecule has 4 rings (SSSR count). The molecule has 0 bridgehead atoms. The van der Waals surface area contributed by atoms with Crippen LogP contribution in [0.3, 0.4) is 0 Å². The Morgan fingerprint density at radius 3 is 2.89 bits per heavy atom. The smallest absolute Gasteiger partial charge is 0.397 e. The van der Waals surface area contributed by atoms with Crippen LogP contribution in [0, 0.1) is 19.7 Å². The summed E-state index contributed by atoms with van der Waals surface area (Å²) in [5.74, 6) is 0.289. The summed E-state index contributed by atoms with van der Waals surface area (Å²) in [6, 6.07) is 3.17. The highest BCUT2D eigenvalue weighted by atomic mass is 32.1. The van der Waals surface area contributed by atoms with Crippen LogP contribution in [-0.2, 0) is 12.8 Å². The Morgan fingerprint density at radius 1 is 1.36 bits per heavy atom. The van der Waals surface area contributed by atoms with Gasteiger partial charge in [0.25, 0.3) is 0 Å². The van der Waals surface area contributed by atoms with Gasteiger partial charge in [-0.3, -0.25) is 4.98 Å². The minimum Gasteiger partial charge on any atom is -0.397 e. The molecule has 0 aromatic carbocycles. The third kappa shape index (κ3) is 4.19. The number of hydrogen-bond acceptors (Lipinski definition) is 7. The van der Waals surface area contributed by atoms with E-state index < -0.39 is 11.9 Å². The Bertz CT molecular complexity index is 995. The summed E-state index contributed by atoms with van der Waals surface area (Å²) in [6.07, 6.45) is 4.00. The van der Waals surface area contributed by atoms with Gasteiger partial charge in [0.1, 0.15) is 17.3 Å². The Hall–Kier alpha value is -2.81. The Labute approximate surface area is 164 Å². The molecule has 1 aliphatic rings. The van der Waals surface area contributed by atoms with Gasteiger partial charge in [0.15, 0.2) is 0 Å². The van der Waals surface area contributed by atoms with Crippen LogP contribution in [0.2, 0.25) is 0 Å². The predicted molar refractivity (Wildman–Crippen MR) is 101 cm³/mol. The first-order valence-corrected chi connectivity index (χ1v) is 9.83. The molecule has 0 saturated heterocycles. The van der Waals surface area contributed by atoms with Gasteiger partial charge in [-0.1, -0.05) is 16.5 Å². The second kappa shape index (κ2) is 7.67. The van der Waals surface area contributed by atoms with Gasteiger partial charge in [-0.05, 0) is 45.2 Å². The topological polar surface area (TPSA) is 90.1 Å². The van der Waals surface area contributed by atoms with Crippen LogP contribution < -0.4 is 10.1 Å². The average molecular weight is 402 g/mol. The van der Waals surface area contributed by atoms with Gasteiger partial charge in [-0.15, -0.1) is 0 Å². The molecule has 3 aromatic rings. The SMILES string of the molecule is Cc1nc(CCc2c(-c3ccc(F)cn3)noc2C)sc1OC(=O)NC1CC1. The maximum atomic E-state index is 13.1. The van der Waals surface area contributed by atoms with Gasteiger partial charge >= 0.3 is 6.09 Å². The van der Waals surface area contributed by atoms with Crippen LogP contribution in [0.5, 0.6) is 5.06 Å². The monoisotopic (exact) mass is 402 g/mol. The molecule has 3 heterocycles. The van der Waals surface area contributed by atoms with E-state index in [-0.39, 0.29) is 6.04 Å². The molecule has 3 aromatic heterocycles. The zero-order valence-electron chi connectivity index (χ0n) is 15.5. The molecule has 7 nitrogen and oxygen atoms in total. The number of carbonyl (C=O) groups is 1. The van der Waals surface area contributed by atoms with Crippen LogP contribution in [0.25, 0.3) is 11.4 Å². The molecule has 146 valence electrons. The van der Waals surface area contributed by atoms with Crippen molar-refractivity contribution in [3.8, 4) is 16.5 Å². The van der Waals surface area contributed by atoms with E-state index in [2.05, 4.69) is 20.4 Å². The summed E-state index contributed by atoms with van der Waals surface area (Å²) < 4.78 is 23.8.